The minimum absolute atomic E-state index is 0.0806. The molecule has 0 saturated carbocycles. The van der Waals surface area contributed by atoms with Gasteiger partial charge in [0, 0.05) is 5.56 Å². The standard InChI is InChI=1S/C24H19ClF3N3O4/c1-34-20-10-8-15(12-21(20)35-2)22(32)30-19-6-4-3-5-16(19)23(33)31-29-13-14-7-9-18(25)17(11-14)24(26,27)28/h3-13H,1-2H3,(H,30,32)(H,31,33)/b29-13+. The van der Waals surface area contributed by atoms with Crippen LogP contribution in [0.4, 0.5) is 18.9 Å². The van der Waals surface area contributed by atoms with Crippen molar-refractivity contribution in [2.24, 2.45) is 5.10 Å². The van der Waals surface area contributed by atoms with Gasteiger partial charge in [0.25, 0.3) is 11.8 Å². The number of rotatable bonds is 7. The Hall–Kier alpha value is -4.05. The number of anilines is 1. The Balaban J connectivity index is 1.74. The Morgan fingerprint density at radius 1 is 0.943 bits per heavy atom. The van der Waals surface area contributed by atoms with E-state index >= 15 is 0 Å². The van der Waals surface area contributed by atoms with Gasteiger partial charge in [-0.05, 0) is 48.0 Å². The number of carbonyl (C=O) groups excluding carboxylic acids is 2. The maximum Gasteiger partial charge on any atom is 0.417 e. The number of hydrazone groups is 1. The van der Waals surface area contributed by atoms with Crippen LogP contribution in [0, 0.1) is 0 Å². The third kappa shape index (κ3) is 6.30. The molecule has 7 nitrogen and oxygen atoms in total. The number of benzene rings is 3. The highest BCUT2D eigenvalue weighted by molar-refractivity contribution is 6.31. The van der Waals surface area contributed by atoms with Gasteiger partial charge < -0.3 is 14.8 Å². The monoisotopic (exact) mass is 505 g/mol. The van der Waals surface area contributed by atoms with Crippen molar-refractivity contribution in [2.75, 3.05) is 19.5 Å². The van der Waals surface area contributed by atoms with E-state index in [1.54, 1.807) is 18.2 Å². The van der Waals surface area contributed by atoms with Crippen LogP contribution in [0.2, 0.25) is 5.02 Å². The molecule has 35 heavy (non-hydrogen) atoms. The fourth-order valence-corrected chi connectivity index (χ4v) is 3.25. The molecule has 2 amide bonds. The molecule has 0 atom stereocenters. The summed E-state index contributed by atoms with van der Waals surface area (Å²) in [6.07, 6.45) is -3.58. The normalized spacial score (nSPS) is 11.3. The first kappa shape index (κ1) is 25.6. The first-order valence-corrected chi connectivity index (χ1v) is 10.3. The molecular weight excluding hydrogens is 487 g/mol. The number of amides is 2. The number of nitrogens with one attached hydrogen (secondary N) is 2. The van der Waals surface area contributed by atoms with Crippen molar-refractivity contribution < 1.29 is 32.2 Å². The predicted molar refractivity (Wildman–Crippen MR) is 125 cm³/mol. The molecule has 0 saturated heterocycles. The van der Waals surface area contributed by atoms with E-state index in [1.165, 1.54) is 44.6 Å². The molecular formula is C24H19ClF3N3O4. The molecule has 0 aliphatic heterocycles. The Bertz CT molecular complexity index is 1280. The van der Waals surface area contributed by atoms with Crippen molar-refractivity contribution in [2.45, 2.75) is 6.18 Å². The quantitative estimate of drug-likeness (QED) is 0.333. The number of ether oxygens (including phenoxy) is 2. The molecule has 11 heteroatoms. The van der Waals surface area contributed by atoms with Gasteiger partial charge in [0.05, 0.1) is 42.3 Å². The van der Waals surface area contributed by atoms with E-state index in [9.17, 15) is 22.8 Å². The van der Waals surface area contributed by atoms with Crippen LogP contribution in [0.15, 0.2) is 65.8 Å². The smallest absolute Gasteiger partial charge is 0.417 e. The SMILES string of the molecule is COc1ccc(C(=O)Nc2ccccc2C(=O)N/N=C/c2ccc(Cl)c(C(F)(F)F)c2)cc1OC. The molecule has 0 aliphatic rings. The summed E-state index contributed by atoms with van der Waals surface area (Å²) in [5.41, 5.74) is 1.85. The van der Waals surface area contributed by atoms with Crippen molar-refractivity contribution in [3.8, 4) is 11.5 Å². The summed E-state index contributed by atoms with van der Waals surface area (Å²) < 4.78 is 49.4. The largest absolute Gasteiger partial charge is 0.493 e. The molecule has 0 spiro atoms. The average molecular weight is 506 g/mol. The van der Waals surface area contributed by atoms with Crippen LogP contribution in [0.25, 0.3) is 0 Å². The first-order valence-electron chi connectivity index (χ1n) is 9.96. The number of nitrogens with zero attached hydrogens (tertiary/aromatic N) is 1. The second-order valence-electron chi connectivity index (χ2n) is 7.01. The molecule has 0 aromatic heterocycles. The zero-order valence-corrected chi connectivity index (χ0v) is 19.2. The van der Waals surface area contributed by atoms with Crippen molar-refractivity contribution in [3.05, 3.63) is 87.9 Å². The number of methoxy groups -OCH3 is 2. The maximum atomic E-state index is 13.0. The summed E-state index contributed by atoms with van der Waals surface area (Å²) >= 11 is 5.60. The highest BCUT2D eigenvalue weighted by Crippen LogP contribution is 2.35. The molecule has 0 heterocycles. The first-order chi connectivity index (χ1) is 16.6. The van der Waals surface area contributed by atoms with Gasteiger partial charge in [-0.15, -0.1) is 0 Å². The summed E-state index contributed by atoms with van der Waals surface area (Å²) in [7, 11) is 2.91. The number of alkyl halides is 3. The number of carbonyl (C=O) groups is 2. The topological polar surface area (TPSA) is 89.0 Å². The fraction of sp³-hybridized carbons (Fsp3) is 0.125. The van der Waals surface area contributed by atoms with E-state index in [2.05, 4.69) is 15.8 Å². The second kappa shape index (κ2) is 10.9. The zero-order chi connectivity index (χ0) is 25.6. The fourth-order valence-electron chi connectivity index (χ4n) is 3.03. The third-order valence-corrected chi connectivity index (χ3v) is 5.07. The van der Waals surface area contributed by atoms with Crippen LogP contribution >= 0.6 is 11.6 Å². The van der Waals surface area contributed by atoms with Gasteiger partial charge in [-0.1, -0.05) is 29.8 Å². The maximum absolute atomic E-state index is 13.0. The zero-order valence-electron chi connectivity index (χ0n) is 18.4. The minimum Gasteiger partial charge on any atom is -0.493 e. The van der Waals surface area contributed by atoms with Crippen LogP contribution in [-0.2, 0) is 6.18 Å². The van der Waals surface area contributed by atoms with Crippen molar-refractivity contribution >= 4 is 35.3 Å². The summed E-state index contributed by atoms with van der Waals surface area (Å²) in [6, 6.07) is 14.0. The lowest BCUT2D eigenvalue weighted by Gasteiger charge is -2.12. The molecule has 0 unspecified atom stereocenters. The van der Waals surface area contributed by atoms with E-state index in [-0.39, 0.29) is 22.4 Å². The van der Waals surface area contributed by atoms with E-state index in [1.807, 2.05) is 0 Å². The number of hydrogen-bond acceptors (Lipinski definition) is 5. The summed E-state index contributed by atoms with van der Waals surface area (Å²) in [5, 5.41) is 5.91. The third-order valence-electron chi connectivity index (χ3n) is 4.74. The van der Waals surface area contributed by atoms with E-state index in [4.69, 9.17) is 21.1 Å². The predicted octanol–water partition coefficient (Wildman–Crippen LogP) is 5.39. The van der Waals surface area contributed by atoms with Gasteiger partial charge in [-0.3, -0.25) is 9.59 Å². The van der Waals surface area contributed by atoms with Gasteiger partial charge in [0.15, 0.2) is 11.5 Å². The average Bonchev–Trinajstić information content (AvgIpc) is 2.84. The van der Waals surface area contributed by atoms with E-state index < -0.39 is 28.6 Å². The lowest BCUT2D eigenvalue weighted by Crippen LogP contribution is -2.21. The summed E-state index contributed by atoms with van der Waals surface area (Å²) in [5.74, 6) is -0.383. The second-order valence-corrected chi connectivity index (χ2v) is 7.41. The van der Waals surface area contributed by atoms with Crippen LogP contribution in [0.1, 0.15) is 31.8 Å². The molecule has 3 rings (SSSR count). The van der Waals surface area contributed by atoms with Crippen LogP contribution < -0.4 is 20.2 Å². The molecule has 0 aliphatic carbocycles. The lowest BCUT2D eigenvalue weighted by molar-refractivity contribution is -0.137. The molecule has 2 N–H and O–H groups in total. The number of para-hydroxylation sites is 1. The van der Waals surface area contributed by atoms with Crippen molar-refractivity contribution in [3.63, 3.8) is 0 Å². The van der Waals surface area contributed by atoms with Gasteiger partial charge >= 0.3 is 6.18 Å². The molecule has 182 valence electrons. The van der Waals surface area contributed by atoms with Crippen LogP contribution in [0.3, 0.4) is 0 Å². The molecule has 3 aromatic carbocycles. The molecule has 0 bridgehead atoms. The molecule has 0 radical (unpaired) electrons. The Kier molecular flexibility index (Phi) is 7.98. The summed E-state index contributed by atoms with van der Waals surface area (Å²) in [4.78, 5) is 25.3. The number of halogens is 4. The van der Waals surface area contributed by atoms with Crippen molar-refractivity contribution in [1.29, 1.82) is 0 Å². The van der Waals surface area contributed by atoms with Gasteiger partial charge in [0.2, 0.25) is 0 Å². The van der Waals surface area contributed by atoms with E-state index in [0.29, 0.717) is 11.5 Å². The number of hydrogen-bond donors (Lipinski definition) is 2. The van der Waals surface area contributed by atoms with E-state index in [0.717, 1.165) is 18.3 Å². The Morgan fingerprint density at radius 3 is 2.34 bits per heavy atom. The highest BCUT2D eigenvalue weighted by atomic mass is 35.5. The summed E-state index contributed by atoms with van der Waals surface area (Å²) in [6.45, 7) is 0. The van der Waals surface area contributed by atoms with Gasteiger partial charge in [-0.25, -0.2) is 5.43 Å². The molecule has 3 aromatic rings. The molecule has 0 fully saturated rings. The Morgan fingerprint density at radius 2 is 1.66 bits per heavy atom. The van der Waals surface area contributed by atoms with Gasteiger partial charge in [0.1, 0.15) is 0 Å². The van der Waals surface area contributed by atoms with Crippen molar-refractivity contribution in [1.82, 2.24) is 5.43 Å². The van der Waals surface area contributed by atoms with Crippen LogP contribution in [-0.4, -0.2) is 32.2 Å². The lowest BCUT2D eigenvalue weighted by atomic mass is 10.1. The minimum atomic E-state index is -4.63. The van der Waals surface area contributed by atoms with Gasteiger partial charge in [-0.2, -0.15) is 18.3 Å². The Labute approximate surface area is 203 Å². The van der Waals surface area contributed by atoms with Crippen LogP contribution in [0.5, 0.6) is 11.5 Å². The highest BCUT2D eigenvalue weighted by Gasteiger charge is 2.33.